The number of ether oxygens (including phenoxy) is 5. The Morgan fingerprint density at radius 1 is 0.882 bits per heavy atom. The Morgan fingerprint density at radius 2 is 1.57 bits per heavy atom. The maximum absolute atomic E-state index is 13.7. The highest BCUT2D eigenvalue weighted by Crippen LogP contribution is 2.66. The predicted octanol–water partition coefficient (Wildman–Crippen LogP) is 5.25. The SMILES string of the molecule is CSSC(C)c1ccc(NC(=O)COCCOCCN)cc1C(=O)OCCCCC(=O)NCC#Cc1cn([C@H]2C[C@@H](OC(=O)c3ccccc3C(C)SSC)C(COP(=O)(O)OP(=O)(O)OP(=O)(O)O)O2)c(=O)nc1N. The first-order valence-corrected chi connectivity index (χ1v) is 32.5. The molecule has 1 fully saturated rings. The minimum atomic E-state index is -5.89. The van der Waals surface area contributed by atoms with E-state index in [1.54, 1.807) is 47.2 Å². The average molecular weight is 1200 g/mol. The maximum Gasteiger partial charge on any atom is 0.490 e. The van der Waals surface area contributed by atoms with Crippen LogP contribution < -0.4 is 27.8 Å². The van der Waals surface area contributed by atoms with Gasteiger partial charge in [-0.15, -0.1) is 0 Å². The molecule has 7 atom stereocenters. The van der Waals surface area contributed by atoms with Crippen LogP contribution in [0.4, 0.5) is 11.5 Å². The molecule has 0 bridgehead atoms. The Balaban J connectivity index is 1.37. The van der Waals surface area contributed by atoms with Gasteiger partial charge in [-0.2, -0.15) is 13.6 Å². The molecule has 76 heavy (non-hydrogen) atoms. The molecule has 1 aliphatic heterocycles. The molecular formula is C43H59N6O20P3S4. The molecule has 1 saturated heterocycles. The van der Waals surface area contributed by atoms with Crippen molar-refractivity contribution in [2.75, 3.05) is 76.3 Å². The average Bonchev–Trinajstić information content (AvgIpc) is 3.74. The maximum atomic E-state index is 13.7. The number of phosphoric acid groups is 3. The number of unbranched alkanes of at least 4 members (excludes halogenated alkanes) is 1. The van der Waals surface area contributed by atoms with Crippen molar-refractivity contribution in [2.24, 2.45) is 5.73 Å². The fourth-order valence-electron chi connectivity index (χ4n) is 6.86. The molecular weight excluding hydrogens is 1140 g/mol. The Kier molecular flexibility index (Phi) is 27.0. The molecule has 0 spiro atoms. The first kappa shape index (κ1) is 64.7. The van der Waals surface area contributed by atoms with E-state index < -0.39 is 72.0 Å². The van der Waals surface area contributed by atoms with Crippen molar-refractivity contribution in [3.8, 4) is 11.8 Å². The molecule has 0 aliphatic carbocycles. The lowest BCUT2D eigenvalue weighted by molar-refractivity contribution is -0.121. The van der Waals surface area contributed by atoms with E-state index in [0.29, 0.717) is 42.8 Å². The van der Waals surface area contributed by atoms with Crippen molar-refractivity contribution in [1.29, 1.82) is 0 Å². The highest BCUT2D eigenvalue weighted by atomic mass is 33.1. The van der Waals surface area contributed by atoms with E-state index in [1.165, 1.54) is 44.6 Å². The van der Waals surface area contributed by atoms with Gasteiger partial charge in [0.2, 0.25) is 11.8 Å². The minimum absolute atomic E-state index is 0.00132. The van der Waals surface area contributed by atoms with Crippen LogP contribution in [0.3, 0.4) is 0 Å². The van der Waals surface area contributed by atoms with E-state index in [9.17, 15) is 47.5 Å². The molecule has 10 N–H and O–H groups in total. The van der Waals surface area contributed by atoms with Gasteiger partial charge in [-0.1, -0.05) is 79.3 Å². The number of carbonyl (C=O) groups is 4. The lowest BCUT2D eigenvalue weighted by Crippen LogP contribution is -2.31. The van der Waals surface area contributed by atoms with Gasteiger partial charge in [0.15, 0.2) is 0 Å². The van der Waals surface area contributed by atoms with Gasteiger partial charge in [0.25, 0.3) is 0 Å². The number of hydrogen-bond donors (Lipinski definition) is 8. The number of nitrogens with two attached hydrogens (primary N) is 2. The molecule has 33 heteroatoms. The second kappa shape index (κ2) is 31.7. The normalized spacial score (nSPS) is 17.8. The summed E-state index contributed by atoms with van der Waals surface area (Å²) in [5.41, 5.74) is 12.6. The third-order valence-corrected chi connectivity index (χ3v) is 18.3. The van der Waals surface area contributed by atoms with Crippen LogP contribution in [0.5, 0.6) is 0 Å². The number of anilines is 2. The molecule has 0 radical (unpaired) electrons. The Morgan fingerprint density at radius 3 is 2.25 bits per heavy atom. The van der Waals surface area contributed by atoms with E-state index >= 15 is 0 Å². The van der Waals surface area contributed by atoms with Gasteiger partial charge in [-0.25, -0.2) is 28.1 Å². The van der Waals surface area contributed by atoms with Crippen LogP contribution in [0.25, 0.3) is 0 Å². The molecule has 2 heterocycles. The highest BCUT2D eigenvalue weighted by Gasteiger charge is 2.45. The van der Waals surface area contributed by atoms with Crippen LogP contribution in [0.15, 0.2) is 53.5 Å². The van der Waals surface area contributed by atoms with E-state index in [0.717, 1.165) is 4.57 Å². The first-order valence-electron chi connectivity index (χ1n) is 22.7. The number of carbonyl (C=O) groups excluding carboxylic acids is 4. The van der Waals surface area contributed by atoms with Crippen molar-refractivity contribution >= 4 is 102 Å². The van der Waals surface area contributed by atoms with Crippen LogP contribution in [0.1, 0.15) is 93.7 Å². The van der Waals surface area contributed by atoms with E-state index in [4.69, 9.17) is 49.5 Å². The van der Waals surface area contributed by atoms with Crippen LogP contribution >= 0.6 is 66.6 Å². The molecule has 2 amide bonds. The second-order valence-corrected chi connectivity index (χ2v) is 25.8. The van der Waals surface area contributed by atoms with Gasteiger partial charge in [-0.05, 0) is 68.5 Å². The number of amides is 2. The fraction of sp³-hybridized carbons (Fsp3) is 0.488. The first-order chi connectivity index (χ1) is 36.0. The van der Waals surface area contributed by atoms with Gasteiger partial charge < -0.3 is 65.4 Å². The Labute approximate surface area is 453 Å². The zero-order valence-corrected chi connectivity index (χ0v) is 47.3. The lowest BCUT2D eigenvalue weighted by Gasteiger charge is -2.22. The minimum Gasteiger partial charge on any atom is -0.462 e. The van der Waals surface area contributed by atoms with Crippen molar-refractivity contribution in [3.63, 3.8) is 0 Å². The molecule has 5 unspecified atom stereocenters. The van der Waals surface area contributed by atoms with Crippen molar-refractivity contribution in [3.05, 3.63) is 87.0 Å². The van der Waals surface area contributed by atoms with Gasteiger partial charge in [-0.3, -0.25) is 18.7 Å². The number of nitrogens with one attached hydrogen (secondary N) is 2. The standard InChI is InChI=1S/C43H59N6O20P3S4/c1-27(75-73-3)31-11-5-6-12-33(31)42(53)67-35-23-39(66-36(35)25-65-71(58,59)69-72(60,61)68-70(55,56)57)49-24-29(40(45)48-43(49)54)10-9-17-46-37(50)13-7-8-18-64-41(52)34-22-30(14-15-32(34)28(2)76-74-4)47-38(51)26-63-21-20-62-19-16-44/h5-6,11-12,14-15,22,24,27-28,35-36,39H,7-8,13,16-21,23,25-26,44H2,1-4H3,(H,46,50)(H,47,51)(H,58,59)(H,60,61)(H2,45,48,54)(H2,55,56,57)/t27?,28?,35-,36?,39-/m1/s1. The third kappa shape index (κ3) is 22.2. The van der Waals surface area contributed by atoms with Crippen LogP contribution in [-0.2, 0) is 60.1 Å². The molecule has 1 aliphatic rings. The zero-order chi connectivity index (χ0) is 56.1. The molecule has 3 aromatic rings. The quantitative estimate of drug-likeness (QED) is 0.0134. The van der Waals surface area contributed by atoms with Crippen LogP contribution in [0.2, 0.25) is 0 Å². The van der Waals surface area contributed by atoms with Crippen LogP contribution in [0, 0.1) is 11.8 Å². The summed E-state index contributed by atoms with van der Waals surface area (Å²) in [4.78, 5) is 107. The smallest absolute Gasteiger partial charge is 0.462 e. The van der Waals surface area contributed by atoms with Crippen molar-refractivity contribution in [2.45, 2.75) is 68.5 Å². The number of phosphoric ester groups is 1. The molecule has 4 rings (SSSR count). The second-order valence-electron chi connectivity index (χ2n) is 15.8. The summed E-state index contributed by atoms with van der Waals surface area (Å²) < 4.78 is 76.9. The number of hydrogen-bond acceptors (Lipinski definition) is 23. The third-order valence-electron chi connectivity index (χ3n) is 10.1. The predicted molar refractivity (Wildman–Crippen MR) is 286 cm³/mol. The number of esters is 2. The highest BCUT2D eigenvalue weighted by molar-refractivity contribution is 8.76. The molecule has 1 aromatic heterocycles. The topological polar surface area (TPSA) is 385 Å². The summed E-state index contributed by atoms with van der Waals surface area (Å²) in [5, 5.41) is 5.09. The number of benzene rings is 2. The summed E-state index contributed by atoms with van der Waals surface area (Å²) in [6.45, 7) is 3.64. The van der Waals surface area contributed by atoms with Gasteiger partial charge >= 0.3 is 41.1 Å². The van der Waals surface area contributed by atoms with E-state index in [1.807, 2.05) is 26.4 Å². The van der Waals surface area contributed by atoms with Crippen molar-refractivity contribution in [1.82, 2.24) is 14.9 Å². The number of nitrogens with zero attached hydrogens (tertiary/aromatic N) is 2. The molecule has 2 aromatic carbocycles. The molecule has 26 nitrogen and oxygen atoms in total. The summed E-state index contributed by atoms with van der Waals surface area (Å²) in [6.07, 6.45) is 1.20. The molecule has 420 valence electrons. The monoisotopic (exact) mass is 1200 g/mol. The summed E-state index contributed by atoms with van der Waals surface area (Å²) in [5.74, 6) is 2.89. The van der Waals surface area contributed by atoms with Gasteiger partial charge in [0, 0.05) is 41.8 Å². The Bertz CT molecular complexity index is 2750. The zero-order valence-electron chi connectivity index (χ0n) is 41.3. The van der Waals surface area contributed by atoms with Crippen molar-refractivity contribution < 1.29 is 89.3 Å². The summed E-state index contributed by atoms with van der Waals surface area (Å²) in [6, 6.07) is 11.6. The summed E-state index contributed by atoms with van der Waals surface area (Å²) in [7, 11) is -11.2. The summed E-state index contributed by atoms with van der Waals surface area (Å²) >= 11 is 0. The number of aromatic nitrogens is 2. The van der Waals surface area contributed by atoms with E-state index in [2.05, 4.69) is 36.1 Å². The van der Waals surface area contributed by atoms with E-state index in [-0.39, 0.29) is 84.7 Å². The lowest BCUT2D eigenvalue weighted by atomic mass is 10.0. The Hall–Kier alpha value is -3.79. The molecule has 0 saturated carbocycles. The fourth-order valence-corrected chi connectivity index (χ4v) is 13.4. The van der Waals surface area contributed by atoms with Gasteiger partial charge in [0.1, 0.15) is 30.9 Å². The van der Waals surface area contributed by atoms with Gasteiger partial charge in [0.05, 0.1) is 56.3 Å². The van der Waals surface area contributed by atoms with Crippen LogP contribution in [-0.4, -0.2) is 130 Å². The largest absolute Gasteiger partial charge is 0.490 e. The number of rotatable bonds is 31. The number of nitrogen functional groups attached to an aromatic ring is 1.